The van der Waals surface area contributed by atoms with E-state index < -0.39 is 10.0 Å². The molecule has 0 spiro atoms. The monoisotopic (exact) mass is 329 g/mol. The molecule has 2 rings (SSSR count). The molecule has 1 aliphatic carbocycles. The molecule has 4 N–H and O–H groups in total. The predicted molar refractivity (Wildman–Crippen MR) is 85.2 cm³/mol. The molecule has 1 aliphatic rings. The van der Waals surface area contributed by atoms with Gasteiger partial charge in [-0.25, -0.2) is 18.1 Å². The Morgan fingerprint density at radius 3 is 2.62 bits per heavy atom. The van der Waals surface area contributed by atoms with Crippen LogP contribution in [0.25, 0.3) is 0 Å². The molecule has 9 heteroatoms. The summed E-state index contributed by atoms with van der Waals surface area (Å²) in [5.41, 5.74) is 5.48. The highest BCUT2D eigenvalue weighted by atomic mass is 32.2. The SMILES string of the molecule is CNC(=S)NNc1ccc(S(=O)(=O)NC2CCCC2)cn1. The van der Waals surface area contributed by atoms with Gasteiger partial charge < -0.3 is 5.32 Å². The molecule has 0 radical (unpaired) electrons. The lowest BCUT2D eigenvalue weighted by Crippen LogP contribution is -2.36. The smallest absolute Gasteiger partial charge is 0.242 e. The van der Waals surface area contributed by atoms with Crippen molar-refractivity contribution in [2.24, 2.45) is 0 Å². The number of anilines is 1. The van der Waals surface area contributed by atoms with E-state index in [1.165, 1.54) is 12.3 Å². The average Bonchev–Trinajstić information content (AvgIpc) is 2.97. The molecular weight excluding hydrogens is 310 g/mol. The molecule has 0 aliphatic heterocycles. The van der Waals surface area contributed by atoms with Crippen LogP contribution in [0.5, 0.6) is 0 Å². The van der Waals surface area contributed by atoms with Crippen LogP contribution < -0.4 is 20.9 Å². The summed E-state index contributed by atoms with van der Waals surface area (Å²) in [5.74, 6) is 0.479. The predicted octanol–water partition coefficient (Wildman–Crippen LogP) is 0.723. The molecule has 0 amide bonds. The van der Waals surface area contributed by atoms with E-state index in [0.717, 1.165) is 25.7 Å². The minimum Gasteiger partial charge on any atom is -0.364 e. The molecule has 1 aromatic heterocycles. The highest BCUT2D eigenvalue weighted by Crippen LogP contribution is 2.20. The fourth-order valence-corrected chi connectivity index (χ4v) is 3.43. The van der Waals surface area contributed by atoms with Gasteiger partial charge >= 0.3 is 0 Å². The topological polar surface area (TPSA) is 95.1 Å². The molecule has 21 heavy (non-hydrogen) atoms. The van der Waals surface area contributed by atoms with E-state index in [1.54, 1.807) is 13.1 Å². The Kier molecular flexibility index (Phi) is 5.32. The number of hydrogen-bond donors (Lipinski definition) is 4. The largest absolute Gasteiger partial charge is 0.364 e. The van der Waals surface area contributed by atoms with Gasteiger partial charge in [0, 0.05) is 19.3 Å². The van der Waals surface area contributed by atoms with E-state index in [0.29, 0.717) is 10.9 Å². The Bertz CT molecular complexity index is 582. The maximum Gasteiger partial charge on any atom is 0.242 e. The van der Waals surface area contributed by atoms with E-state index >= 15 is 0 Å². The van der Waals surface area contributed by atoms with Crippen LogP contribution in [0.3, 0.4) is 0 Å². The van der Waals surface area contributed by atoms with Crippen molar-refractivity contribution in [1.29, 1.82) is 0 Å². The number of sulfonamides is 1. The minimum atomic E-state index is -3.50. The molecule has 0 aromatic carbocycles. The molecule has 0 bridgehead atoms. The number of rotatable bonds is 5. The van der Waals surface area contributed by atoms with Crippen LogP contribution in [0, 0.1) is 0 Å². The first kappa shape index (κ1) is 15.9. The summed E-state index contributed by atoms with van der Waals surface area (Å²) in [4.78, 5) is 4.21. The fourth-order valence-electron chi connectivity index (χ4n) is 2.13. The van der Waals surface area contributed by atoms with Gasteiger partial charge in [0.2, 0.25) is 10.0 Å². The zero-order valence-electron chi connectivity index (χ0n) is 11.7. The second-order valence-corrected chi connectivity index (χ2v) is 6.93. The van der Waals surface area contributed by atoms with Gasteiger partial charge in [-0.15, -0.1) is 0 Å². The van der Waals surface area contributed by atoms with Crippen LogP contribution in [-0.2, 0) is 10.0 Å². The molecule has 1 heterocycles. The molecule has 0 atom stereocenters. The third-order valence-corrected chi connectivity index (χ3v) is 5.07. The van der Waals surface area contributed by atoms with Crippen LogP contribution >= 0.6 is 12.2 Å². The summed E-state index contributed by atoms with van der Waals surface area (Å²) in [7, 11) is -1.81. The zero-order chi connectivity index (χ0) is 15.3. The molecule has 0 unspecified atom stereocenters. The van der Waals surface area contributed by atoms with Crippen molar-refractivity contribution in [3.05, 3.63) is 18.3 Å². The first-order valence-electron chi connectivity index (χ1n) is 6.73. The van der Waals surface area contributed by atoms with Crippen LogP contribution in [0.2, 0.25) is 0 Å². The Morgan fingerprint density at radius 2 is 2.05 bits per heavy atom. The van der Waals surface area contributed by atoms with Crippen LogP contribution in [0.1, 0.15) is 25.7 Å². The van der Waals surface area contributed by atoms with Gasteiger partial charge in [-0.1, -0.05) is 12.8 Å². The van der Waals surface area contributed by atoms with Crippen LogP contribution in [0.4, 0.5) is 5.82 Å². The second-order valence-electron chi connectivity index (χ2n) is 4.81. The van der Waals surface area contributed by atoms with E-state index in [1.807, 2.05) is 0 Å². The quantitative estimate of drug-likeness (QED) is 0.467. The lowest BCUT2D eigenvalue weighted by molar-refractivity contribution is 0.552. The van der Waals surface area contributed by atoms with Crippen molar-refractivity contribution in [3.8, 4) is 0 Å². The summed E-state index contributed by atoms with van der Waals surface area (Å²) in [5, 5.41) is 3.15. The van der Waals surface area contributed by atoms with Crippen molar-refractivity contribution in [3.63, 3.8) is 0 Å². The third kappa shape index (κ3) is 4.51. The number of nitrogens with one attached hydrogen (secondary N) is 4. The van der Waals surface area contributed by atoms with Crippen molar-refractivity contribution in [1.82, 2.24) is 20.4 Å². The number of pyridine rings is 1. The van der Waals surface area contributed by atoms with Crippen LogP contribution in [-0.4, -0.2) is 31.6 Å². The lowest BCUT2D eigenvalue weighted by Gasteiger charge is -2.13. The summed E-state index contributed by atoms with van der Waals surface area (Å²) in [6, 6.07) is 3.13. The number of thiocarbonyl (C=S) groups is 1. The first-order chi connectivity index (χ1) is 10.0. The Balaban J connectivity index is 1.98. The molecule has 7 nitrogen and oxygen atoms in total. The standard InChI is InChI=1S/C12H19N5O2S2/c1-13-12(20)16-15-11-7-6-10(8-14-11)21(18,19)17-9-4-2-3-5-9/h6-9,17H,2-5H2,1H3,(H,14,15)(H2,13,16,20). The number of aromatic nitrogens is 1. The van der Waals surface area contributed by atoms with E-state index in [9.17, 15) is 8.42 Å². The number of hydrogen-bond acceptors (Lipinski definition) is 5. The Hall–Kier alpha value is -1.45. The lowest BCUT2D eigenvalue weighted by atomic mass is 10.3. The van der Waals surface area contributed by atoms with Gasteiger partial charge in [0.15, 0.2) is 5.11 Å². The van der Waals surface area contributed by atoms with E-state index in [2.05, 4.69) is 25.9 Å². The summed E-state index contributed by atoms with van der Waals surface area (Å²) < 4.78 is 27.1. The summed E-state index contributed by atoms with van der Waals surface area (Å²) in [6.07, 6.45) is 5.27. The molecule has 116 valence electrons. The zero-order valence-corrected chi connectivity index (χ0v) is 13.4. The number of hydrazine groups is 1. The molecule has 1 aromatic rings. The highest BCUT2D eigenvalue weighted by molar-refractivity contribution is 7.89. The molecule has 1 fully saturated rings. The Morgan fingerprint density at radius 1 is 1.33 bits per heavy atom. The fraction of sp³-hybridized carbons (Fsp3) is 0.500. The second kappa shape index (κ2) is 7.01. The number of nitrogens with zero attached hydrogens (tertiary/aromatic N) is 1. The van der Waals surface area contributed by atoms with Gasteiger partial charge in [0.05, 0.1) is 0 Å². The normalized spacial score (nSPS) is 15.7. The van der Waals surface area contributed by atoms with Gasteiger partial charge in [-0.2, -0.15) is 0 Å². The van der Waals surface area contributed by atoms with Crippen LogP contribution in [0.15, 0.2) is 23.2 Å². The van der Waals surface area contributed by atoms with E-state index in [4.69, 9.17) is 12.2 Å². The van der Waals surface area contributed by atoms with Gasteiger partial charge in [0.1, 0.15) is 10.7 Å². The summed E-state index contributed by atoms with van der Waals surface area (Å²) in [6.45, 7) is 0. The van der Waals surface area contributed by atoms with Crippen molar-refractivity contribution in [2.45, 2.75) is 36.6 Å². The highest BCUT2D eigenvalue weighted by Gasteiger charge is 2.22. The van der Waals surface area contributed by atoms with Crippen molar-refractivity contribution < 1.29 is 8.42 Å². The average molecular weight is 329 g/mol. The third-order valence-electron chi connectivity index (χ3n) is 3.25. The molecule has 0 saturated heterocycles. The minimum absolute atomic E-state index is 0.0440. The van der Waals surface area contributed by atoms with Gasteiger partial charge in [0.25, 0.3) is 0 Å². The maximum atomic E-state index is 12.2. The van der Waals surface area contributed by atoms with Crippen molar-refractivity contribution >= 4 is 33.2 Å². The first-order valence-corrected chi connectivity index (χ1v) is 8.62. The van der Waals surface area contributed by atoms with E-state index in [-0.39, 0.29) is 10.9 Å². The summed E-state index contributed by atoms with van der Waals surface area (Å²) >= 11 is 4.90. The van der Waals surface area contributed by atoms with Crippen molar-refractivity contribution in [2.75, 3.05) is 12.5 Å². The van der Waals surface area contributed by atoms with Gasteiger partial charge in [-0.05, 0) is 37.2 Å². The molecular formula is C12H19N5O2S2. The molecule has 1 saturated carbocycles. The van der Waals surface area contributed by atoms with Gasteiger partial charge in [-0.3, -0.25) is 10.9 Å². The maximum absolute atomic E-state index is 12.2. The Labute approximate surface area is 129 Å².